The summed E-state index contributed by atoms with van der Waals surface area (Å²) in [6, 6.07) is 4.12. The summed E-state index contributed by atoms with van der Waals surface area (Å²) in [5.41, 5.74) is 6.09. The summed E-state index contributed by atoms with van der Waals surface area (Å²) in [5.74, 6) is -0.193. The second-order valence-electron chi connectivity index (χ2n) is 4.22. The molecule has 0 saturated heterocycles. The van der Waals surface area contributed by atoms with Crippen molar-refractivity contribution >= 4 is 17.3 Å². The van der Waals surface area contributed by atoms with E-state index in [1.807, 2.05) is 13.8 Å². The zero-order valence-corrected chi connectivity index (χ0v) is 9.59. The number of rotatable bonds is 4. The fourth-order valence-electron chi connectivity index (χ4n) is 1.27. The Morgan fingerprint density at radius 3 is 2.81 bits per heavy atom. The Morgan fingerprint density at radius 1 is 1.50 bits per heavy atom. The molecule has 4 heteroatoms. The maximum atomic E-state index is 13.3. The Bertz CT molecular complexity index is 377. The highest BCUT2D eigenvalue weighted by Crippen LogP contribution is 2.18. The van der Waals surface area contributed by atoms with E-state index < -0.39 is 5.82 Å². The van der Waals surface area contributed by atoms with Gasteiger partial charge in [-0.1, -0.05) is 13.8 Å². The molecular formula is C12H17FN2O. The van der Waals surface area contributed by atoms with Crippen molar-refractivity contribution in [3.63, 3.8) is 0 Å². The zero-order chi connectivity index (χ0) is 12.1. The number of nitrogen functional groups attached to an aromatic ring is 1. The lowest BCUT2D eigenvalue weighted by Crippen LogP contribution is -2.13. The van der Waals surface area contributed by atoms with Crippen LogP contribution in [0, 0.1) is 11.7 Å². The van der Waals surface area contributed by atoms with Gasteiger partial charge in [0, 0.05) is 12.1 Å². The summed E-state index contributed by atoms with van der Waals surface area (Å²) in [7, 11) is 0. The summed E-state index contributed by atoms with van der Waals surface area (Å²) < 4.78 is 13.3. The van der Waals surface area contributed by atoms with Crippen LogP contribution in [0.1, 0.15) is 26.7 Å². The standard InChI is InChI=1S/C12H17FN2O/c1-8(2)3-6-12(16)15-11-7-9(14)4-5-10(11)13/h4-5,7-8H,3,6,14H2,1-2H3,(H,15,16). The quantitative estimate of drug-likeness (QED) is 0.773. The number of nitrogens with two attached hydrogens (primary N) is 1. The van der Waals surface area contributed by atoms with Crippen molar-refractivity contribution in [1.82, 2.24) is 0 Å². The van der Waals surface area contributed by atoms with Gasteiger partial charge in [0.1, 0.15) is 5.82 Å². The van der Waals surface area contributed by atoms with Gasteiger partial charge in [0.25, 0.3) is 0 Å². The smallest absolute Gasteiger partial charge is 0.224 e. The van der Waals surface area contributed by atoms with E-state index in [0.717, 1.165) is 6.42 Å². The Morgan fingerprint density at radius 2 is 2.19 bits per heavy atom. The van der Waals surface area contributed by atoms with Crippen molar-refractivity contribution in [2.75, 3.05) is 11.1 Å². The molecular weight excluding hydrogens is 207 g/mol. The zero-order valence-electron chi connectivity index (χ0n) is 9.59. The van der Waals surface area contributed by atoms with Gasteiger partial charge in [-0.15, -0.1) is 0 Å². The molecule has 0 radical (unpaired) electrons. The van der Waals surface area contributed by atoms with E-state index >= 15 is 0 Å². The van der Waals surface area contributed by atoms with E-state index in [1.165, 1.54) is 18.2 Å². The summed E-state index contributed by atoms with van der Waals surface area (Å²) in [4.78, 5) is 11.5. The maximum Gasteiger partial charge on any atom is 0.224 e. The minimum atomic E-state index is -0.466. The second kappa shape index (κ2) is 5.49. The predicted octanol–water partition coefficient (Wildman–Crippen LogP) is 2.78. The maximum absolute atomic E-state index is 13.3. The van der Waals surface area contributed by atoms with Gasteiger partial charge in [0.2, 0.25) is 5.91 Å². The highest BCUT2D eigenvalue weighted by atomic mass is 19.1. The van der Waals surface area contributed by atoms with E-state index in [4.69, 9.17) is 5.73 Å². The number of anilines is 2. The third-order valence-electron chi connectivity index (χ3n) is 2.21. The Kier molecular flexibility index (Phi) is 4.28. The molecule has 0 bridgehead atoms. The van der Waals surface area contributed by atoms with Crippen molar-refractivity contribution in [3.8, 4) is 0 Å². The molecule has 1 rings (SSSR count). The average molecular weight is 224 g/mol. The van der Waals surface area contributed by atoms with Gasteiger partial charge in [-0.3, -0.25) is 4.79 Å². The van der Waals surface area contributed by atoms with Crippen LogP contribution in [-0.2, 0) is 4.79 Å². The van der Waals surface area contributed by atoms with Crippen LogP contribution in [0.3, 0.4) is 0 Å². The lowest BCUT2D eigenvalue weighted by atomic mass is 10.1. The molecule has 0 aliphatic heterocycles. The molecule has 1 aromatic rings. The van der Waals surface area contributed by atoms with Gasteiger partial charge < -0.3 is 11.1 Å². The molecule has 0 atom stereocenters. The van der Waals surface area contributed by atoms with Crippen molar-refractivity contribution in [2.24, 2.45) is 5.92 Å². The third-order valence-corrected chi connectivity index (χ3v) is 2.21. The summed E-state index contributed by atoms with van der Waals surface area (Å²) in [6.07, 6.45) is 1.18. The lowest BCUT2D eigenvalue weighted by molar-refractivity contribution is -0.116. The number of benzene rings is 1. The van der Waals surface area contributed by atoms with E-state index in [9.17, 15) is 9.18 Å². The van der Waals surface area contributed by atoms with Crippen molar-refractivity contribution in [1.29, 1.82) is 0 Å². The van der Waals surface area contributed by atoms with Crippen LogP contribution in [0.4, 0.5) is 15.8 Å². The molecule has 0 spiro atoms. The molecule has 16 heavy (non-hydrogen) atoms. The lowest BCUT2D eigenvalue weighted by Gasteiger charge is -2.08. The predicted molar refractivity (Wildman–Crippen MR) is 63.5 cm³/mol. The molecule has 1 aromatic carbocycles. The summed E-state index contributed by atoms with van der Waals surface area (Å²) in [6.45, 7) is 4.07. The minimum absolute atomic E-state index is 0.147. The third kappa shape index (κ3) is 3.88. The van der Waals surface area contributed by atoms with E-state index in [-0.39, 0.29) is 11.6 Å². The van der Waals surface area contributed by atoms with E-state index in [1.54, 1.807) is 0 Å². The normalized spacial score (nSPS) is 10.5. The number of nitrogens with one attached hydrogen (secondary N) is 1. The van der Waals surface area contributed by atoms with E-state index in [2.05, 4.69) is 5.32 Å². The first kappa shape index (κ1) is 12.5. The van der Waals surface area contributed by atoms with Gasteiger partial charge in [-0.2, -0.15) is 0 Å². The Balaban J connectivity index is 2.59. The number of carbonyl (C=O) groups excluding carboxylic acids is 1. The number of hydrogen-bond acceptors (Lipinski definition) is 2. The second-order valence-corrected chi connectivity index (χ2v) is 4.22. The minimum Gasteiger partial charge on any atom is -0.399 e. The molecule has 0 heterocycles. The molecule has 0 unspecified atom stereocenters. The summed E-state index contributed by atoms with van der Waals surface area (Å²) in [5, 5.41) is 2.51. The van der Waals surface area contributed by atoms with Crippen LogP contribution in [0.25, 0.3) is 0 Å². The van der Waals surface area contributed by atoms with Crippen LogP contribution in [0.15, 0.2) is 18.2 Å². The molecule has 1 amide bonds. The molecule has 0 saturated carbocycles. The van der Waals surface area contributed by atoms with E-state index in [0.29, 0.717) is 18.0 Å². The molecule has 88 valence electrons. The Labute approximate surface area is 94.8 Å². The Hall–Kier alpha value is -1.58. The molecule has 0 fully saturated rings. The average Bonchev–Trinajstić information content (AvgIpc) is 2.20. The highest BCUT2D eigenvalue weighted by molar-refractivity contribution is 5.91. The molecule has 0 aliphatic carbocycles. The molecule has 0 aromatic heterocycles. The number of carbonyl (C=O) groups is 1. The number of halogens is 1. The number of hydrogen-bond donors (Lipinski definition) is 2. The first-order valence-electron chi connectivity index (χ1n) is 5.34. The first-order valence-corrected chi connectivity index (χ1v) is 5.34. The van der Waals surface area contributed by atoms with Gasteiger partial charge in [-0.25, -0.2) is 4.39 Å². The topological polar surface area (TPSA) is 55.1 Å². The summed E-state index contributed by atoms with van der Waals surface area (Å²) >= 11 is 0. The van der Waals surface area contributed by atoms with Crippen molar-refractivity contribution in [3.05, 3.63) is 24.0 Å². The van der Waals surface area contributed by atoms with Gasteiger partial charge in [-0.05, 0) is 30.5 Å². The van der Waals surface area contributed by atoms with Gasteiger partial charge in [0.15, 0.2) is 0 Å². The van der Waals surface area contributed by atoms with Gasteiger partial charge in [0.05, 0.1) is 5.69 Å². The fourth-order valence-corrected chi connectivity index (χ4v) is 1.27. The number of amides is 1. The molecule has 3 nitrogen and oxygen atoms in total. The van der Waals surface area contributed by atoms with Crippen LogP contribution < -0.4 is 11.1 Å². The van der Waals surface area contributed by atoms with Crippen molar-refractivity contribution < 1.29 is 9.18 Å². The monoisotopic (exact) mass is 224 g/mol. The van der Waals surface area contributed by atoms with Crippen LogP contribution in [0.5, 0.6) is 0 Å². The highest BCUT2D eigenvalue weighted by Gasteiger charge is 2.07. The molecule has 0 aliphatic rings. The fraction of sp³-hybridized carbons (Fsp3) is 0.417. The first-order chi connectivity index (χ1) is 7.49. The van der Waals surface area contributed by atoms with Crippen molar-refractivity contribution in [2.45, 2.75) is 26.7 Å². The molecule has 3 N–H and O–H groups in total. The van der Waals surface area contributed by atoms with Gasteiger partial charge >= 0.3 is 0 Å². The van der Waals surface area contributed by atoms with Crippen LogP contribution >= 0.6 is 0 Å². The largest absolute Gasteiger partial charge is 0.399 e. The van der Waals surface area contributed by atoms with Crippen LogP contribution in [0.2, 0.25) is 0 Å². The van der Waals surface area contributed by atoms with Crippen LogP contribution in [-0.4, -0.2) is 5.91 Å². The SMILES string of the molecule is CC(C)CCC(=O)Nc1cc(N)ccc1F.